The molecule has 1 amide bonds. The van der Waals surface area contributed by atoms with Crippen LogP contribution >= 0.6 is 15.9 Å². The number of ether oxygens (including phenoxy) is 1. The molecule has 0 bridgehead atoms. The third-order valence-electron chi connectivity index (χ3n) is 3.88. The van der Waals surface area contributed by atoms with E-state index in [4.69, 9.17) is 4.74 Å². The minimum atomic E-state index is -3.29. The molecule has 0 unspecified atom stereocenters. The van der Waals surface area contributed by atoms with E-state index in [1.165, 1.54) is 17.4 Å². The zero-order valence-corrected chi connectivity index (χ0v) is 15.8. The lowest BCUT2D eigenvalue weighted by Crippen LogP contribution is -2.41. The number of benzene rings is 2. The zero-order chi connectivity index (χ0) is 18.0. The number of hydrogen-bond acceptors (Lipinski definition) is 4. The second-order valence-corrected chi connectivity index (χ2v) is 8.46. The van der Waals surface area contributed by atoms with Crippen LogP contribution < -0.4 is 9.64 Å². The topological polar surface area (TPSA) is 63.7 Å². The molecule has 7 heteroatoms. The maximum Gasteiger partial charge on any atom is 0.258 e. The lowest BCUT2D eigenvalue weighted by molar-refractivity contribution is 0.0983. The zero-order valence-electron chi connectivity index (χ0n) is 13.4. The summed E-state index contributed by atoms with van der Waals surface area (Å²) >= 11 is 3.37. The van der Waals surface area contributed by atoms with E-state index in [-0.39, 0.29) is 11.7 Å². The number of hydrogen-bond donors (Lipinski definition) is 0. The average Bonchev–Trinajstić information content (AvgIpc) is 2.96. The predicted octanol–water partition coefficient (Wildman–Crippen LogP) is 3.42. The average molecular weight is 422 g/mol. The van der Waals surface area contributed by atoms with Gasteiger partial charge >= 0.3 is 0 Å². The molecule has 5 nitrogen and oxygen atoms in total. The van der Waals surface area contributed by atoms with E-state index in [1.54, 1.807) is 42.5 Å². The maximum atomic E-state index is 13.1. The fourth-order valence-electron chi connectivity index (χ4n) is 2.68. The summed E-state index contributed by atoms with van der Waals surface area (Å²) in [6.45, 7) is 0. The molecule has 130 valence electrons. The Kier molecular flexibility index (Phi) is 4.96. The lowest BCUT2D eigenvalue weighted by Gasteiger charge is -2.28. The van der Waals surface area contributed by atoms with Crippen LogP contribution in [0.2, 0.25) is 0 Å². The van der Waals surface area contributed by atoms with Gasteiger partial charge in [0, 0.05) is 21.1 Å². The molecule has 0 fully saturated rings. The quantitative estimate of drug-likeness (QED) is 0.758. The van der Waals surface area contributed by atoms with Gasteiger partial charge in [0.2, 0.25) is 0 Å². The first-order valence-electron chi connectivity index (χ1n) is 7.54. The van der Waals surface area contributed by atoms with Crippen molar-refractivity contribution >= 4 is 37.4 Å². The third-order valence-corrected chi connectivity index (χ3v) is 5.79. The highest BCUT2D eigenvalue weighted by Crippen LogP contribution is 2.27. The largest absolute Gasteiger partial charge is 0.497 e. The Balaban J connectivity index is 2.02. The van der Waals surface area contributed by atoms with Gasteiger partial charge in [0.05, 0.1) is 18.9 Å². The van der Waals surface area contributed by atoms with Gasteiger partial charge in [-0.2, -0.15) is 0 Å². The number of halogens is 1. The molecule has 3 rings (SSSR count). The van der Waals surface area contributed by atoms with Crippen LogP contribution in [0, 0.1) is 0 Å². The summed E-state index contributed by atoms with van der Waals surface area (Å²) in [5, 5.41) is 1.17. The molecule has 1 heterocycles. The highest BCUT2D eigenvalue weighted by molar-refractivity contribution is 9.10. The van der Waals surface area contributed by atoms with Crippen molar-refractivity contribution in [2.45, 2.75) is 6.04 Å². The summed E-state index contributed by atoms with van der Waals surface area (Å²) in [6, 6.07) is 13.4. The highest BCUT2D eigenvalue weighted by Gasteiger charge is 2.32. The van der Waals surface area contributed by atoms with E-state index in [1.807, 2.05) is 12.1 Å². The summed E-state index contributed by atoms with van der Waals surface area (Å²) in [7, 11) is -1.76. The Morgan fingerprint density at radius 3 is 2.52 bits per heavy atom. The van der Waals surface area contributed by atoms with E-state index < -0.39 is 15.9 Å². The molecular formula is C18H16BrNO4S. The first-order valence-corrected chi connectivity index (χ1v) is 10.0. The van der Waals surface area contributed by atoms with Crippen LogP contribution in [0.1, 0.15) is 10.4 Å². The maximum absolute atomic E-state index is 13.1. The highest BCUT2D eigenvalue weighted by atomic mass is 79.9. The Hall–Kier alpha value is -2.12. The number of carbonyl (C=O) groups excluding carboxylic acids is 1. The van der Waals surface area contributed by atoms with Crippen molar-refractivity contribution in [1.82, 2.24) is 0 Å². The van der Waals surface area contributed by atoms with Crippen molar-refractivity contribution in [3.8, 4) is 5.75 Å². The minimum Gasteiger partial charge on any atom is -0.497 e. The Labute approximate surface area is 155 Å². The summed E-state index contributed by atoms with van der Waals surface area (Å²) in [5.74, 6) is 0.155. The van der Waals surface area contributed by atoms with E-state index in [9.17, 15) is 13.2 Å². The van der Waals surface area contributed by atoms with Gasteiger partial charge in [-0.15, -0.1) is 0 Å². The minimum absolute atomic E-state index is 0.126. The van der Waals surface area contributed by atoms with Crippen LogP contribution in [-0.4, -0.2) is 33.2 Å². The molecule has 1 aliphatic rings. The van der Waals surface area contributed by atoms with Gasteiger partial charge in [-0.1, -0.05) is 22.0 Å². The molecule has 0 aliphatic carbocycles. The molecule has 0 radical (unpaired) electrons. The molecule has 0 spiro atoms. The molecular weight excluding hydrogens is 406 g/mol. The monoisotopic (exact) mass is 421 g/mol. The normalized spacial score (nSPS) is 18.1. The fourth-order valence-corrected chi connectivity index (χ4v) is 4.21. The van der Waals surface area contributed by atoms with Gasteiger partial charge < -0.3 is 9.64 Å². The van der Waals surface area contributed by atoms with Crippen molar-refractivity contribution in [2.24, 2.45) is 0 Å². The van der Waals surface area contributed by atoms with Crippen LogP contribution in [0.5, 0.6) is 5.75 Å². The van der Waals surface area contributed by atoms with Gasteiger partial charge in [-0.05, 0) is 48.5 Å². The van der Waals surface area contributed by atoms with Crippen LogP contribution in [0.3, 0.4) is 0 Å². The molecule has 0 saturated carbocycles. The number of sulfone groups is 1. The van der Waals surface area contributed by atoms with Crippen molar-refractivity contribution in [2.75, 3.05) is 17.8 Å². The number of methoxy groups -OCH3 is 1. The van der Waals surface area contributed by atoms with Gasteiger partial charge in [-0.3, -0.25) is 4.79 Å². The van der Waals surface area contributed by atoms with Crippen molar-refractivity contribution < 1.29 is 17.9 Å². The molecule has 1 atom stereocenters. The molecule has 0 N–H and O–H groups in total. The fraction of sp³-hybridized carbons (Fsp3) is 0.167. The second-order valence-electron chi connectivity index (χ2n) is 5.61. The molecule has 0 aromatic heterocycles. The number of carbonyl (C=O) groups is 1. The predicted molar refractivity (Wildman–Crippen MR) is 101 cm³/mol. The van der Waals surface area contributed by atoms with E-state index >= 15 is 0 Å². The van der Waals surface area contributed by atoms with Crippen LogP contribution in [-0.2, 0) is 9.84 Å². The SMILES string of the molecule is COc1cccc(C(=O)N(c2ccc(Br)cc2)[C@H]2C=CS(=O)(=O)C2)c1. The summed E-state index contributed by atoms with van der Waals surface area (Å²) in [5.41, 5.74) is 1.06. The van der Waals surface area contributed by atoms with Crippen LogP contribution in [0.4, 0.5) is 5.69 Å². The third kappa shape index (κ3) is 3.93. The lowest BCUT2D eigenvalue weighted by atomic mass is 10.1. The van der Waals surface area contributed by atoms with Gasteiger partial charge in [0.1, 0.15) is 5.75 Å². The second kappa shape index (κ2) is 7.01. The number of nitrogens with zero attached hydrogens (tertiary/aromatic N) is 1. The van der Waals surface area contributed by atoms with Gasteiger partial charge in [-0.25, -0.2) is 8.42 Å². The standard InChI is InChI=1S/C18H16BrNO4S/c1-24-17-4-2-3-13(11-17)18(21)20(15-7-5-14(19)6-8-15)16-9-10-25(22,23)12-16/h2-11,16H,12H2,1H3/t16-/m0/s1. The van der Waals surface area contributed by atoms with Crippen molar-refractivity contribution in [3.63, 3.8) is 0 Å². The smallest absolute Gasteiger partial charge is 0.258 e. The first kappa shape index (κ1) is 17.7. The molecule has 25 heavy (non-hydrogen) atoms. The van der Waals surface area contributed by atoms with Gasteiger partial charge in [0.15, 0.2) is 9.84 Å². The summed E-state index contributed by atoms with van der Waals surface area (Å²) in [4.78, 5) is 14.6. The van der Waals surface area contributed by atoms with E-state index in [2.05, 4.69) is 15.9 Å². The molecule has 1 aliphatic heterocycles. The molecule has 2 aromatic carbocycles. The number of anilines is 1. The summed E-state index contributed by atoms with van der Waals surface area (Å²) in [6.07, 6.45) is 1.55. The van der Waals surface area contributed by atoms with Crippen molar-refractivity contribution in [1.29, 1.82) is 0 Å². The number of amides is 1. The van der Waals surface area contributed by atoms with Crippen LogP contribution in [0.25, 0.3) is 0 Å². The van der Waals surface area contributed by atoms with E-state index in [0.717, 1.165) is 4.47 Å². The number of rotatable bonds is 4. The Bertz CT molecular complexity index is 922. The van der Waals surface area contributed by atoms with E-state index in [0.29, 0.717) is 17.0 Å². The Morgan fingerprint density at radius 1 is 1.20 bits per heavy atom. The molecule has 2 aromatic rings. The van der Waals surface area contributed by atoms with Gasteiger partial charge in [0.25, 0.3) is 5.91 Å². The summed E-state index contributed by atoms with van der Waals surface area (Å²) < 4.78 is 29.7. The van der Waals surface area contributed by atoms with Crippen molar-refractivity contribution in [3.05, 3.63) is 70.1 Å². The molecule has 0 saturated heterocycles. The first-order chi connectivity index (χ1) is 11.9. The van der Waals surface area contributed by atoms with Crippen LogP contribution in [0.15, 0.2) is 64.5 Å². The Morgan fingerprint density at radius 2 is 1.92 bits per heavy atom.